The second kappa shape index (κ2) is 4.90. The van der Waals surface area contributed by atoms with Gasteiger partial charge in [-0.2, -0.15) is 4.98 Å². The van der Waals surface area contributed by atoms with E-state index in [4.69, 9.17) is 27.9 Å². The van der Waals surface area contributed by atoms with Crippen LogP contribution in [0.5, 0.6) is 11.6 Å². The summed E-state index contributed by atoms with van der Waals surface area (Å²) in [6.07, 6.45) is 0. The molecule has 0 radical (unpaired) electrons. The number of ether oxygens (including phenoxy) is 1. The molecule has 0 N–H and O–H groups in total. The number of hydrogen-bond acceptors (Lipinski definition) is 3. The molecule has 2 rings (SSSR count). The summed E-state index contributed by atoms with van der Waals surface area (Å²) in [5, 5.41) is 0.874. The van der Waals surface area contributed by atoms with Crippen LogP contribution >= 0.6 is 23.2 Å². The molecule has 0 fully saturated rings. The Bertz CT molecular complexity index is 538. The second-order valence-electron chi connectivity index (χ2n) is 3.61. The normalized spacial score (nSPS) is 10.4. The summed E-state index contributed by atoms with van der Waals surface area (Å²) in [5.74, 6) is 1.49. The van der Waals surface area contributed by atoms with Gasteiger partial charge in [0.1, 0.15) is 16.7 Å². The Morgan fingerprint density at radius 3 is 2.53 bits per heavy atom. The van der Waals surface area contributed by atoms with Crippen LogP contribution in [0.2, 0.25) is 10.2 Å². The van der Waals surface area contributed by atoms with Crippen LogP contribution in [0.15, 0.2) is 24.3 Å². The maximum absolute atomic E-state index is 6.02. The van der Waals surface area contributed by atoms with Crippen LogP contribution in [-0.4, -0.2) is 9.97 Å². The first-order valence-electron chi connectivity index (χ1n) is 5.00. The molecule has 0 bridgehead atoms. The lowest BCUT2D eigenvalue weighted by Crippen LogP contribution is -1.94. The van der Waals surface area contributed by atoms with Gasteiger partial charge in [-0.3, -0.25) is 0 Å². The van der Waals surface area contributed by atoms with E-state index < -0.39 is 0 Å². The molecule has 5 heteroatoms. The molecule has 1 aromatic carbocycles. The molecule has 0 atom stereocenters. The van der Waals surface area contributed by atoms with Crippen LogP contribution in [0.1, 0.15) is 11.4 Å². The largest absolute Gasteiger partial charge is 0.437 e. The SMILES string of the molecule is Cc1ccc(Cl)c(Oc2cc(Cl)nc(C)n2)c1. The summed E-state index contributed by atoms with van der Waals surface area (Å²) >= 11 is 11.8. The highest BCUT2D eigenvalue weighted by Gasteiger charge is 2.06. The monoisotopic (exact) mass is 268 g/mol. The molecule has 1 aromatic heterocycles. The Hall–Kier alpha value is -1.32. The molecule has 1 heterocycles. The van der Waals surface area contributed by atoms with Crippen LogP contribution < -0.4 is 4.74 Å². The highest BCUT2D eigenvalue weighted by Crippen LogP contribution is 2.29. The summed E-state index contributed by atoms with van der Waals surface area (Å²) < 4.78 is 5.58. The van der Waals surface area contributed by atoms with Gasteiger partial charge in [0.15, 0.2) is 0 Å². The van der Waals surface area contributed by atoms with Crippen molar-refractivity contribution in [3.63, 3.8) is 0 Å². The summed E-state index contributed by atoms with van der Waals surface area (Å²) in [7, 11) is 0. The molecular formula is C12H10Cl2N2O. The van der Waals surface area contributed by atoms with E-state index in [0.717, 1.165) is 5.56 Å². The average molecular weight is 269 g/mol. The van der Waals surface area contributed by atoms with Gasteiger partial charge in [-0.15, -0.1) is 0 Å². The van der Waals surface area contributed by atoms with Gasteiger partial charge in [-0.05, 0) is 31.5 Å². The van der Waals surface area contributed by atoms with Gasteiger partial charge in [0, 0.05) is 6.07 Å². The van der Waals surface area contributed by atoms with Crippen LogP contribution in [0.25, 0.3) is 0 Å². The average Bonchev–Trinajstić information content (AvgIpc) is 2.22. The van der Waals surface area contributed by atoms with E-state index in [9.17, 15) is 0 Å². The number of aromatic nitrogens is 2. The predicted molar refractivity (Wildman–Crippen MR) is 68.0 cm³/mol. The van der Waals surface area contributed by atoms with Gasteiger partial charge in [-0.1, -0.05) is 29.3 Å². The quantitative estimate of drug-likeness (QED) is 0.766. The Kier molecular flexibility index (Phi) is 3.50. The van der Waals surface area contributed by atoms with Crippen LogP contribution in [0, 0.1) is 13.8 Å². The minimum absolute atomic E-state index is 0.344. The van der Waals surface area contributed by atoms with Crippen molar-refractivity contribution < 1.29 is 4.74 Å². The van der Waals surface area contributed by atoms with Gasteiger partial charge >= 0.3 is 0 Å². The number of halogens is 2. The van der Waals surface area contributed by atoms with Gasteiger partial charge < -0.3 is 4.74 Å². The Balaban J connectivity index is 2.34. The van der Waals surface area contributed by atoms with Crippen molar-refractivity contribution in [2.45, 2.75) is 13.8 Å². The minimum atomic E-state index is 0.344. The lowest BCUT2D eigenvalue weighted by Gasteiger charge is -2.08. The molecule has 88 valence electrons. The zero-order valence-corrected chi connectivity index (χ0v) is 10.9. The van der Waals surface area contributed by atoms with Crippen molar-refractivity contribution in [3.8, 4) is 11.6 Å². The second-order valence-corrected chi connectivity index (χ2v) is 4.41. The van der Waals surface area contributed by atoms with Gasteiger partial charge in [0.05, 0.1) is 5.02 Å². The first-order valence-corrected chi connectivity index (χ1v) is 5.75. The summed E-state index contributed by atoms with van der Waals surface area (Å²) in [6, 6.07) is 7.08. The zero-order chi connectivity index (χ0) is 12.4. The zero-order valence-electron chi connectivity index (χ0n) is 9.37. The predicted octanol–water partition coefficient (Wildman–Crippen LogP) is 4.19. The van der Waals surface area contributed by atoms with Crippen LogP contribution in [0.3, 0.4) is 0 Å². The van der Waals surface area contributed by atoms with Gasteiger partial charge in [-0.25, -0.2) is 4.98 Å². The number of benzene rings is 1. The Labute approximate surface area is 109 Å². The highest BCUT2D eigenvalue weighted by atomic mass is 35.5. The molecule has 0 spiro atoms. The van der Waals surface area contributed by atoms with Crippen molar-refractivity contribution in [1.82, 2.24) is 9.97 Å². The van der Waals surface area contributed by atoms with E-state index in [1.54, 1.807) is 19.1 Å². The van der Waals surface area contributed by atoms with Crippen molar-refractivity contribution in [3.05, 3.63) is 45.8 Å². The van der Waals surface area contributed by atoms with E-state index in [-0.39, 0.29) is 0 Å². The minimum Gasteiger partial charge on any atom is -0.437 e. The van der Waals surface area contributed by atoms with E-state index >= 15 is 0 Å². The lowest BCUT2D eigenvalue weighted by molar-refractivity contribution is 0.459. The van der Waals surface area contributed by atoms with Crippen LogP contribution in [0.4, 0.5) is 0 Å². The fourth-order valence-corrected chi connectivity index (χ4v) is 1.73. The first kappa shape index (κ1) is 12.1. The molecule has 0 aliphatic rings. The van der Waals surface area contributed by atoms with E-state index in [0.29, 0.717) is 27.6 Å². The molecule has 0 saturated carbocycles. The van der Waals surface area contributed by atoms with E-state index in [2.05, 4.69) is 9.97 Å². The molecule has 17 heavy (non-hydrogen) atoms. The fourth-order valence-electron chi connectivity index (χ4n) is 1.36. The molecule has 2 aromatic rings. The third-order valence-electron chi connectivity index (χ3n) is 2.08. The maximum atomic E-state index is 6.02. The van der Waals surface area contributed by atoms with E-state index in [1.807, 2.05) is 19.1 Å². The van der Waals surface area contributed by atoms with Crippen LogP contribution in [-0.2, 0) is 0 Å². The third-order valence-corrected chi connectivity index (χ3v) is 2.59. The smallest absolute Gasteiger partial charge is 0.224 e. The molecular weight excluding hydrogens is 259 g/mol. The van der Waals surface area contributed by atoms with Crippen molar-refractivity contribution in [2.24, 2.45) is 0 Å². The fraction of sp³-hybridized carbons (Fsp3) is 0.167. The number of hydrogen-bond donors (Lipinski definition) is 0. The summed E-state index contributed by atoms with van der Waals surface area (Å²) in [5.41, 5.74) is 1.06. The molecule has 3 nitrogen and oxygen atoms in total. The highest BCUT2D eigenvalue weighted by molar-refractivity contribution is 6.32. The topological polar surface area (TPSA) is 35.0 Å². The Morgan fingerprint density at radius 2 is 1.82 bits per heavy atom. The van der Waals surface area contributed by atoms with Crippen molar-refractivity contribution in [1.29, 1.82) is 0 Å². The number of nitrogens with zero attached hydrogens (tertiary/aromatic N) is 2. The molecule has 0 aliphatic carbocycles. The molecule has 0 amide bonds. The van der Waals surface area contributed by atoms with Gasteiger partial charge in [0.25, 0.3) is 0 Å². The lowest BCUT2D eigenvalue weighted by atomic mass is 10.2. The summed E-state index contributed by atoms with van der Waals surface area (Å²) in [4.78, 5) is 8.08. The van der Waals surface area contributed by atoms with Crippen molar-refractivity contribution >= 4 is 23.2 Å². The third kappa shape index (κ3) is 3.08. The molecule has 0 aliphatic heterocycles. The Morgan fingerprint density at radius 1 is 1.06 bits per heavy atom. The number of rotatable bonds is 2. The molecule has 0 saturated heterocycles. The maximum Gasteiger partial charge on any atom is 0.224 e. The standard InChI is InChI=1S/C12H10Cl2N2O/c1-7-3-4-9(13)10(5-7)17-12-6-11(14)15-8(2)16-12/h3-6H,1-2H3. The van der Waals surface area contributed by atoms with E-state index in [1.165, 1.54) is 0 Å². The number of aryl methyl sites for hydroxylation is 2. The summed E-state index contributed by atoms with van der Waals surface area (Å²) in [6.45, 7) is 3.71. The first-order chi connectivity index (χ1) is 8.04. The molecule has 0 unspecified atom stereocenters. The van der Waals surface area contributed by atoms with Crippen molar-refractivity contribution in [2.75, 3.05) is 0 Å². The van der Waals surface area contributed by atoms with Gasteiger partial charge in [0.2, 0.25) is 5.88 Å².